The monoisotopic (exact) mass is 548 g/mol. The molecule has 4 rings (SSSR count). The van der Waals surface area contributed by atoms with Crippen LogP contribution in [-0.4, -0.2) is 19.9 Å². The molecule has 0 spiro atoms. The summed E-state index contributed by atoms with van der Waals surface area (Å²) in [4.78, 5) is 39.5. The number of aromatic nitrogens is 1. The Morgan fingerprint density at radius 1 is 0.850 bits per heavy atom. The minimum Gasteiger partial charge on any atom is -0.506 e. The molecular weight excluding hydrogens is 516 g/mol. The normalized spacial score (nSPS) is 11.2. The highest BCUT2D eigenvalue weighted by Crippen LogP contribution is 2.34. The molecule has 0 saturated carbocycles. The maximum absolute atomic E-state index is 13.6. The number of nitrogens with zero attached hydrogens (tertiary/aromatic N) is 3. The third-order valence-corrected chi connectivity index (χ3v) is 6.90. The maximum atomic E-state index is 13.6. The fourth-order valence-corrected chi connectivity index (χ4v) is 4.73. The number of rotatable bonds is 14. The second-order valence-electron chi connectivity index (χ2n) is 9.87. The zero-order chi connectivity index (χ0) is 28.6. The molecule has 1 aliphatic heterocycles. The van der Waals surface area contributed by atoms with E-state index in [0.29, 0.717) is 29.0 Å². The molecule has 0 bridgehead atoms. The van der Waals surface area contributed by atoms with Gasteiger partial charge < -0.3 is 14.8 Å². The number of nitrogens with one attached hydrogen (secondary N) is 1. The van der Waals surface area contributed by atoms with E-state index in [2.05, 4.69) is 17.2 Å². The Morgan fingerprint density at radius 3 is 2.15 bits per heavy atom. The summed E-state index contributed by atoms with van der Waals surface area (Å²) >= 11 is 0. The lowest BCUT2D eigenvalue weighted by Gasteiger charge is -2.15. The van der Waals surface area contributed by atoms with Crippen molar-refractivity contribution in [2.24, 2.45) is 0 Å². The zero-order valence-electron chi connectivity index (χ0n) is 22.4. The van der Waals surface area contributed by atoms with Crippen molar-refractivity contribution >= 4 is 33.8 Å². The minimum atomic E-state index is -0.599. The van der Waals surface area contributed by atoms with E-state index < -0.39 is 9.85 Å². The topological polar surface area (TPSA) is 162 Å². The summed E-state index contributed by atoms with van der Waals surface area (Å²) in [6.07, 6.45) is 10.5. The quantitative estimate of drug-likeness (QED) is 0.0530. The van der Waals surface area contributed by atoms with Crippen LogP contribution in [0.25, 0.3) is 22.6 Å². The Morgan fingerprint density at radius 2 is 1.48 bits per heavy atom. The SMILES string of the molecule is CCCCCCCCCCCc1c2oc3ccc([N+](=O)[O-])cc3nc-2cc(Nc2cc([N+](=O)[O-])ccc2O)c1=O. The number of nitro groups is 2. The first-order valence-electron chi connectivity index (χ1n) is 13.6. The van der Waals surface area contributed by atoms with Crippen LogP contribution in [0.1, 0.15) is 70.3 Å². The highest BCUT2D eigenvalue weighted by atomic mass is 16.6. The number of non-ortho nitro benzene ring substituents is 2. The lowest BCUT2D eigenvalue weighted by molar-refractivity contribution is -0.384. The first kappa shape index (κ1) is 28.5. The van der Waals surface area contributed by atoms with Gasteiger partial charge in [-0.15, -0.1) is 0 Å². The Hall–Kier alpha value is -4.54. The van der Waals surface area contributed by atoms with Gasteiger partial charge in [0.05, 0.1) is 21.2 Å². The largest absolute Gasteiger partial charge is 0.506 e. The van der Waals surface area contributed by atoms with E-state index in [1.807, 2.05) is 0 Å². The number of phenols is 1. The molecule has 0 radical (unpaired) electrons. The van der Waals surface area contributed by atoms with Crippen LogP contribution < -0.4 is 10.7 Å². The third-order valence-electron chi connectivity index (χ3n) is 6.90. The number of fused-ring (bicyclic) bond motifs is 2. The maximum Gasteiger partial charge on any atom is 0.271 e. The standard InChI is InChI=1S/C29H32N4O7/c1-2-3-4-5-6-7-8-9-10-11-21-28(35)24(30-22-16-19(32(36)37)12-14-26(22)34)18-25-29(21)40-27-15-13-20(33(38)39)17-23(27)31-25/h12-18,30,34H,2-11H2,1H3. The number of phenolic OH excluding ortho intramolecular Hbond substituents is 1. The van der Waals surface area contributed by atoms with Crippen LogP contribution in [0.4, 0.5) is 22.7 Å². The predicted molar refractivity (Wildman–Crippen MR) is 153 cm³/mol. The van der Waals surface area contributed by atoms with Gasteiger partial charge in [-0.05, 0) is 31.0 Å². The molecule has 1 aliphatic carbocycles. The van der Waals surface area contributed by atoms with Crippen LogP contribution in [0, 0.1) is 20.2 Å². The second-order valence-corrected chi connectivity index (χ2v) is 9.87. The van der Waals surface area contributed by atoms with E-state index in [0.717, 1.165) is 37.8 Å². The Labute approximate surface area is 230 Å². The van der Waals surface area contributed by atoms with Gasteiger partial charge in [-0.3, -0.25) is 25.0 Å². The first-order valence-corrected chi connectivity index (χ1v) is 13.6. The van der Waals surface area contributed by atoms with Crippen LogP contribution >= 0.6 is 0 Å². The fraction of sp³-hybridized carbons (Fsp3) is 0.379. The lowest BCUT2D eigenvalue weighted by Crippen LogP contribution is -2.16. The number of benzene rings is 3. The summed E-state index contributed by atoms with van der Waals surface area (Å²) in [6.45, 7) is 2.19. The Kier molecular flexibility index (Phi) is 9.26. The van der Waals surface area contributed by atoms with Crippen molar-refractivity contribution in [3.63, 3.8) is 0 Å². The van der Waals surface area contributed by atoms with E-state index in [-0.39, 0.29) is 39.4 Å². The van der Waals surface area contributed by atoms with E-state index in [9.17, 15) is 30.1 Å². The van der Waals surface area contributed by atoms with E-state index in [4.69, 9.17) is 4.42 Å². The van der Waals surface area contributed by atoms with Gasteiger partial charge in [-0.25, -0.2) is 4.98 Å². The van der Waals surface area contributed by atoms with Gasteiger partial charge in [-0.1, -0.05) is 58.3 Å². The average molecular weight is 549 g/mol. The molecule has 2 aliphatic rings. The fourth-order valence-electron chi connectivity index (χ4n) is 4.73. The third kappa shape index (κ3) is 6.71. The molecule has 2 aromatic carbocycles. The van der Waals surface area contributed by atoms with Crippen LogP contribution in [0.3, 0.4) is 0 Å². The van der Waals surface area contributed by atoms with Gasteiger partial charge in [0, 0.05) is 29.8 Å². The molecular formula is C29H32N4O7. The minimum absolute atomic E-state index is 0.00645. The van der Waals surface area contributed by atoms with Crippen molar-refractivity contribution in [1.82, 2.24) is 4.98 Å². The van der Waals surface area contributed by atoms with Gasteiger partial charge in [0.15, 0.2) is 11.3 Å². The van der Waals surface area contributed by atoms with Crippen LogP contribution in [-0.2, 0) is 6.42 Å². The molecule has 2 N–H and O–H groups in total. The number of anilines is 2. The van der Waals surface area contributed by atoms with Crippen LogP contribution in [0.15, 0.2) is 51.7 Å². The molecule has 0 aromatic heterocycles. The van der Waals surface area contributed by atoms with Gasteiger partial charge in [-0.2, -0.15) is 0 Å². The molecule has 0 atom stereocenters. The second kappa shape index (κ2) is 13.0. The van der Waals surface area contributed by atoms with Gasteiger partial charge in [0.1, 0.15) is 17.0 Å². The molecule has 1 heterocycles. The highest BCUT2D eigenvalue weighted by molar-refractivity contribution is 5.81. The van der Waals surface area contributed by atoms with Crippen molar-refractivity contribution < 1.29 is 19.4 Å². The zero-order valence-corrected chi connectivity index (χ0v) is 22.4. The predicted octanol–water partition coefficient (Wildman–Crippen LogP) is 7.63. The molecule has 210 valence electrons. The molecule has 40 heavy (non-hydrogen) atoms. The molecule has 0 amide bonds. The molecule has 2 aromatic rings. The summed E-state index contributed by atoms with van der Waals surface area (Å²) in [5.41, 5.74) is 0.520. The summed E-state index contributed by atoms with van der Waals surface area (Å²) < 4.78 is 6.05. The first-order chi connectivity index (χ1) is 19.3. The number of unbranched alkanes of at least 4 members (excludes halogenated alkanes) is 8. The van der Waals surface area contributed by atoms with Crippen molar-refractivity contribution in [2.45, 2.75) is 71.1 Å². The number of hydrogen-bond donors (Lipinski definition) is 2. The summed E-state index contributed by atoms with van der Waals surface area (Å²) in [6, 6.07) is 8.98. The molecule has 0 unspecified atom stereocenters. The van der Waals surface area contributed by atoms with Gasteiger partial charge >= 0.3 is 0 Å². The molecule has 11 nitrogen and oxygen atoms in total. The van der Waals surface area contributed by atoms with E-state index >= 15 is 0 Å². The smallest absolute Gasteiger partial charge is 0.271 e. The van der Waals surface area contributed by atoms with Crippen molar-refractivity contribution in [3.05, 3.63) is 78.5 Å². The molecule has 0 fully saturated rings. The van der Waals surface area contributed by atoms with E-state index in [1.165, 1.54) is 62.4 Å². The average Bonchev–Trinajstić information content (AvgIpc) is 2.93. The summed E-state index contributed by atoms with van der Waals surface area (Å²) in [5, 5.41) is 35.6. The van der Waals surface area contributed by atoms with Gasteiger partial charge in [0.25, 0.3) is 11.4 Å². The summed E-state index contributed by atoms with van der Waals surface area (Å²) in [5.74, 6) is 0.0251. The molecule has 11 heteroatoms. The Balaban J connectivity index is 1.66. The van der Waals surface area contributed by atoms with Crippen molar-refractivity contribution in [2.75, 3.05) is 5.32 Å². The number of nitro benzene ring substituents is 2. The molecule has 0 saturated heterocycles. The van der Waals surface area contributed by atoms with Crippen LogP contribution in [0.5, 0.6) is 5.75 Å². The van der Waals surface area contributed by atoms with Gasteiger partial charge in [0.2, 0.25) is 5.43 Å². The number of hydrogen-bond acceptors (Lipinski definition) is 9. The summed E-state index contributed by atoms with van der Waals surface area (Å²) in [7, 11) is 0. The van der Waals surface area contributed by atoms with Crippen LogP contribution in [0.2, 0.25) is 0 Å². The van der Waals surface area contributed by atoms with Crippen molar-refractivity contribution in [1.29, 1.82) is 0 Å². The highest BCUT2D eigenvalue weighted by Gasteiger charge is 2.22. The Bertz CT molecular complexity index is 1550. The lowest BCUT2D eigenvalue weighted by atomic mass is 9.99. The van der Waals surface area contributed by atoms with E-state index in [1.54, 1.807) is 0 Å². The van der Waals surface area contributed by atoms with Crippen molar-refractivity contribution in [3.8, 4) is 17.2 Å². The number of aromatic hydroxyl groups is 1.